The molecule has 1 fully saturated rings. The number of nitrogens with zero attached hydrogens (tertiary/aromatic N) is 3. The smallest absolute Gasteiger partial charge is 0.223 e. The predicted octanol–water partition coefficient (Wildman–Crippen LogP) is 3.59. The van der Waals surface area contributed by atoms with Gasteiger partial charge >= 0.3 is 0 Å². The molecule has 4 heteroatoms. The SMILES string of the molecule is C=CCN1C[C@H](c2nc3ccccc3n2Cc2ccccc2)CC1=O. The lowest BCUT2D eigenvalue weighted by Crippen LogP contribution is -2.25. The highest BCUT2D eigenvalue weighted by atomic mass is 16.2. The zero-order valence-corrected chi connectivity index (χ0v) is 14.1. The van der Waals surface area contributed by atoms with Gasteiger partial charge < -0.3 is 9.47 Å². The summed E-state index contributed by atoms with van der Waals surface area (Å²) in [5, 5.41) is 0. The van der Waals surface area contributed by atoms with E-state index in [-0.39, 0.29) is 11.8 Å². The van der Waals surface area contributed by atoms with E-state index in [0.717, 1.165) is 23.4 Å². The van der Waals surface area contributed by atoms with E-state index in [1.807, 2.05) is 29.2 Å². The van der Waals surface area contributed by atoms with Crippen molar-refractivity contribution < 1.29 is 4.79 Å². The lowest BCUT2D eigenvalue weighted by atomic mass is 10.1. The molecule has 25 heavy (non-hydrogen) atoms. The first-order chi connectivity index (χ1) is 12.3. The third kappa shape index (κ3) is 2.95. The van der Waals surface area contributed by atoms with Gasteiger partial charge in [-0.05, 0) is 17.7 Å². The van der Waals surface area contributed by atoms with Crippen molar-refractivity contribution in [3.8, 4) is 0 Å². The summed E-state index contributed by atoms with van der Waals surface area (Å²) in [4.78, 5) is 19.0. The van der Waals surface area contributed by atoms with E-state index in [2.05, 4.69) is 41.5 Å². The van der Waals surface area contributed by atoms with E-state index < -0.39 is 0 Å². The Morgan fingerprint density at radius 1 is 1.12 bits per heavy atom. The standard InChI is InChI=1S/C21H21N3O/c1-2-12-23-15-17(13-20(23)25)21-22-18-10-6-7-11-19(18)24(21)14-16-8-4-3-5-9-16/h2-11,17H,1,12-15H2/t17-/m1/s1. The third-order valence-corrected chi connectivity index (χ3v) is 4.80. The molecule has 3 aromatic rings. The van der Waals surface area contributed by atoms with E-state index in [0.29, 0.717) is 19.5 Å². The van der Waals surface area contributed by atoms with Crippen molar-refractivity contribution in [3.63, 3.8) is 0 Å². The van der Waals surface area contributed by atoms with Crippen LogP contribution in [0.25, 0.3) is 11.0 Å². The number of rotatable bonds is 5. The van der Waals surface area contributed by atoms with Crippen molar-refractivity contribution in [3.05, 3.63) is 78.6 Å². The average Bonchev–Trinajstić information content (AvgIpc) is 3.18. The van der Waals surface area contributed by atoms with Crippen molar-refractivity contribution in [2.75, 3.05) is 13.1 Å². The fourth-order valence-electron chi connectivity index (χ4n) is 3.62. The Morgan fingerprint density at radius 2 is 1.88 bits per heavy atom. The first kappa shape index (κ1) is 15.6. The Kier molecular flexibility index (Phi) is 4.10. The van der Waals surface area contributed by atoms with Gasteiger partial charge in [-0.2, -0.15) is 0 Å². The molecule has 0 radical (unpaired) electrons. The van der Waals surface area contributed by atoms with Crippen LogP contribution in [-0.2, 0) is 11.3 Å². The van der Waals surface area contributed by atoms with Crippen LogP contribution in [0.3, 0.4) is 0 Å². The van der Waals surface area contributed by atoms with Crippen molar-refractivity contribution in [1.29, 1.82) is 0 Å². The molecule has 1 aromatic heterocycles. The molecular weight excluding hydrogens is 310 g/mol. The average molecular weight is 331 g/mol. The molecule has 0 unspecified atom stereocenters. The summed E-state index contributed by atoms with van der Waals surface area (Å²) >= 11 is 0. The molecule has 1 atom stereocenters. The van der Waals surface area contributed by atoms with Gasteiger partial charge in [0.25, 0.3) is 0 Å². The highest BCUT2D eigenvalue weighted by Gasteiger charge is 2.33. The Morgan fingerprint density at radius 3 is 2.68 bits per heavy atom. The number of imidazole rings is 1. The molecule has 1 saturated heterocycles. The molecule has 126 valence electrons. The van der Waals surface area contributed by atoms with E-state index in [1.54, 1.807) is 6.08 Å². The monoisotopic (exact) mass is 331 g/mol. The highest BCUT2D eigenvalue weighted by molar-refractivity contribution is 5.81. The number of likely N-dealkylation sites (tertiary alicyclic amines) is 1. The second-order valence-corrected chi connectivity index (χ2v) is 6.52. The first-order valence-electron chi connectivity index (χ1n) is 8.64. The fraction of sp³-hybridized carbons (Fsp3) is 0.238. The maximum atomic E-state index is 12.3. The molecule has 2 heterocycles. The number of carbonyl (C=O) groups is 1. The number of aromatic nitrogens is 2. The number of carbonyl (C=O) groups excluding carboxylic acids is 1. The molecule has 0 saturated carbocycles. The van der Waals surface area contributed by atoms with Crippen LogP contribution in [0, 0.1) is 0 Å². The molecule has 1 aliphatic heterocycles. The van der Waals surface area contributed by atoms with Crippen molar-refractivity contribution in [2.24, 2.45) is 0 Å². The largest absolute Gasteiger partial charge is 0.338 e. The summed E-state index contributed by atoms with van der Waals surface area (Å²) in [6.07, 6.45) is 2.30. The molecule has 2 aromatic carbocycles. The number of benzene rings is 2. The number of hydrogen-bond donors (Lipinski definition) is 0. The van der Waals surface area contributed by atoms with Crippen LogP contribution in [0.2, 0.25) is 0 Å². The zero-order chi connectivity index (χ0) is 17.2. The molecule has 4 nitrogen and oxygen atoms in total. The van der Waals surface area contributed by atoms with Gasteiger partial charge in [-0.1, -0.05) is 48.5 Å². The minimum Gasteiger partial charge on any atom is -0.338 e. The molecule has 0 bridgehead atoms. The van der Waals surface area contributed by atoms with Crippen LogP contribution in [0.15, 0.2) is 67.3 Å². The number of para-hydroxylation sites is 2. The second kappa shape index (κ2) is 6.55. The lowest BCUT2D eigenvalue weighted by Gasteiger charge is -2.15. The van der Waals surface area contributed by atoms with Gasteiger partial charge in [0.15, 0.2) is 0 Å². The number of amides is 1. The molecule has 0 spiro atoms. The van der Waals surface area contributed by atoms with Gasteiger partial charge in [0.05, 0.1) is 11.0 Å². The quantitative estimate of drug-likeness (QED) is 0.670. The van der Waals surface area contributed by atoms with Gasteiger partial charge in [0.2, 0.25) is 5.91 Å². The maximum Gasteiger partial charge on any atom is 0.223 e. The molecular formula is C21H21N3O. The van der Waals surface area contributed by atoms with Crippen molar-refractivity contribution in [1.82, 2.24) is 14.5 Å². The molecule has 4 rings (SSSR count). The van der Waals surface area contributed by atoms with Gasteiger partial charge in [0, 0.05) is 32.0 Å². The minimum absolute atomic E-state index is 0.128. The Hall–Kier alpha value is -2.88. The summed E-state index contributed by atoms with van der Waals surface area (Å²) in [5.74, 6) is 1.32. The summed E-state index contributed by atoms with van der Waals surface area (Å²) in [5.41, 5.74) is 3.35. The topological polar surface area (TPSA) is 38.1 Å². The predicted molar refractivity (Wildman–Crippen MR) is 99.4 cm³/mol. The number of fused-ring (bicyclic) bond motifs is 1. The van der Waals surface area contributed by atoms with Gasteiger partial charge in [0.1, 0.15) is 5.82 Å². The Balaban J connectivity index is 1.74. The highest BCUT2D eigenvalue weighted by Crippen LogP contribution is 2.30. The van der Waals surface area contributed by atoms with Crippen LogP contribution >= 0.6 is 0 Å². The summed E-state index contributed by atoms with van der Waals surface area (Å²) in [6, 6.07) is 18.6. The summed E-state index contributed by atoms with van der Waals surface area (Å²) < 4.78 is 2.26. The van der Waals surface area contributed by atoms with Crippen LogP contribution in [0.4, 0.5) is 0 Å². The fourth-order valence-corrected chi connectivity index (χ4v) is 3.62. The molecule has 1 aliphatic rings. The third-order valence-electron chi connectivity index (χ3n) is 4.80. The first-order valence-corrected chi connectivity index (χ1v) is 8.64. The number of hydrogen-bond acceptors (Lipinski definition) is 2. The van der Waals surface area contributed by atoms with E-state index in [1.165, 1.54) is 5.56 Å². The van der Waals surface area contributed by atoms with Gasteiger partial charge in [-0.3, -0.25) is 4.79 Å². The van der Waals surface area contributed by atoms with Crippen LogP contribution in [0.5, 0.6) is 0 Å². The second-order valence-electron chi connectivity index (χ2n) is 6.52. The van der Waals surface area contributed by atoms with Crippen LogP contribution in [-0.4, -0.2) is 33.4 Å². The van der Waals surface area contributed by atoms with Gasteiger partial charge in [-0.25, -0.2) is 4.98 Å². The van der Waals surface area contributed by atoms with Gasteiger partial charge in [-0.15, -0.1) is 6.58 Å². The molecule has 0 aliphatic carbocycles. The maximum absolute atomic E-state index is 12.3. The van der Waals surface area contributed by atoms with Crippen LogP contribution < -0.4 is 0 Å². The normalized spacial score (nSPS) is 17.4. The molecule has 0 N–H and O–H groups in total. The van der Waals surface area contributed by atoms with E-state index in [4.69, 9.17) is 4.98 Å². The van der Waals surface area contributed by atoms with Crippen molar-refractivity contribution in [2.45, 2.75) is 18.9 Å². The minimum atomic E-state index is 0.128. The van der Waals surface area contributed by atoms with Crippen molar-refractivity contribution >= 4 is 16.9 Å². The lowest BCUT2D eigenvalue weighted by molar-refractivity contribution is -0.127. The summed E-state index contributed by atoms with van der Waals surface area (Å²) in [6.45, 7) is 5.83. The Labute approximate surface area is 147 Å². The van der Waals surface area contributed by atoms with E-state index in [9.17, 15) is 4.79 Å². The van der Waals surface area contributed by atoms with E-state index >= 15 is 0 Å². The zero-order valence-electron chi connectivity index (χ0n) is 14.1. The van der Waals surface area contributed by atoms with Crippen LogP contribution in [0.1, 0.15) is 23.7 Å². The summed E-state index contributed by atoms with van der Waals surface area (Å²) in [7, 11) is 0. The Bertz CT molecular complexity index is 913. The molecule has 1 amide bonds.